The molecule has 0 bridgehead atoms. The van der Waals surface area contributed by atoms with Gasteiger partial charge in [-0.25, -0.2) is 4.79 Å². The number of benzene rings is 3. The molecule has 2 aliphatic rings. The number of hydrogen-bond donors (Lipinski definition) is 2. The van der Waals surface area contributed by atoms with E-state index in [4.69, 9.17) is 9.47 Å². The van der Waals surface area contributed by atoms with Gasteiger partial charge in [0.05, 0.1) is 21.0 Å². The lowest BCUT2D eigenvalue weighted by atomic mass is 9.77. The van der Waals surface area contributed by atoms with Crippen molar-refractivity contribution in [3.63, 3.8) is 0 Å². The predicted molar refractivity (Wildman–Crippen MR) is 101 cm³/mol. The average molecular weight is 422 g/mol. The molecule has 154 valence electrons. The van der Waals surface area contributed by atoms with Gasteiger partial charge in [-0.3, -0.25) is 20.2 Å². The Morgan fingerprint density at radius 3 is 2.29 bits per heavy atom. The van der Waals surface area contributed by atoms with Gasteiger partial charge in [0.15, 0.2) is 11.4 Å². The van der Waals surface area contributed by atoms with E-state index in [1.807, 2.05) is 0 Å². The molecule has 0 amide bonds. The molecule has 0 aliphatic carbocycles. The predicted octanol–water partition coefficient (Wildman–Crippen LogP) is 3.48. The second kappa shape index (κ2) is 5.92. The maximum Gasteiger partial charge on any atom is 0.353 e. The third-order valence-electron chi connectivity index (χ3n) is 5.29. The van der Waals surface area contributed by atoms with Gasteiger partial charge in [0.1, 0.15) is 11.5 Å². The van der Waals surface area contributed by atoms with Crippen LogP contribution in [0.2, 0.25) is 0 Å². The Kier molecular flexibility index (Phi) is 3.51. The van der Waals surface area contributed by atoms with Gasteiger partial charge in [0.2, 0.25) is 5.75 Å². The zero-order valence-electron chi connectivity index (χ0n) is 15.3. The fourth-order valence-corrected chi connectivity index (χ4v) is 4.03. The Hall–Kier alpha value is -4.67. The van der Waals surface area contributed by atoms with Crippen LogP contribution < -0.4 is 4.74 Å². The summed E-state index contributed by atoms with van der Waals surface area (Å²) in [6.07, 6.45) is 0. The molecule has 3 aromatic carbocycles. The minimum Gasteiger partial charge on any atom is -0.508 e. The van der Waals surface area contributed by atoms with E-state index in [0.717, 1.165) is 12.1 Å². The molecule has 0 aromatic heterocycles. The number of phenols is 2. The van der Waals surface area contributed by atoms with Gasteiger partial charge >= 0.3 is 11.7 Å². The molecule has 3 aromatic rings. The number of ether oxygens (including phenoxy) is 2. The SMILES string of the molecule is O=C1OC2(c3ccc(O)cc3Oc3c2ccc(O)c3[N+](=O)[O-])c2ccc([N+](=O)[O-])cc21. The van der Waals surface area contributed by atoms with Crippen molar-refractivity contribution in [1.82, 2.24) is 0 Å². The summed E-state index contributed by atoms with van der Waals surface area (Å²) in [5.41, 5.74) is -2.40. The number of fused-ring (bicyclic) bond motifs is 6. The molecule has 11 nitrogen and oxygen atoms in total. The Balaban J connectivity index is 1.91. The van der Waals surface area contributed by atoms with E-state index < -0.39 is 32.9 Å². The summed E-state index contributed by atoms with van der Waals surface area (Å²) in [6.45, 7) is 0. The molecule has 1 atom stereocenters. The molecule has 0 fully saturated rings. The Bertz CT molecular complexity index is 1350. The molecule has 1 unspecified atom stereocenters. The number of hydrogen-bond acceptors (Lipinski definition) is 9. The largest absolute Gasteiger partial charge is 0.508 e. The minimum absolute atomic E-state index is 0.0415. The first kappa shape index (κ1) is 18.4. The lowest BCUT2D eigenvalue weighted by Crippen LogP contribution is -2.33. The Labute approximate surface area is 172 Å². The van der Waals surface area contributed by atoms with Gasteiger partial charge in [0.25, 0.3) is 5.69 Å². The summed E-state index contributed by atoms with van der Waals surface area (Å²) in [6, 6.07) is 9.91. The number of phenolic OH excluding ortho intramolecular Hbond substituents is 2. The van der Waals surface area contributed by atoms with Crippen LogP contribution in [0.4, 0.5) is 11.4 Å². The normalized spacial score (nSPS) is 17.9. The molecule has 11 heteroatoms. The first-order valence-electron chi connectivity index (χ1n) is 8.78. The lowest BCUT2D eigenvalue weighted by Gasteiger charge is -2.36. The number of non-ortho nitro benzene ring substituents is 1. The molecule has 2 heterocycles. The average Bonchev–Trinajstić information content (AvgIpc) is 3.00. The first-order chi connectivity index (χ1) is 14.7. The van der Waals surface area contributed by atoms with Gasteiger partial charge in [0, 0.05) is 29.3 Å². The van der Waals surface area contributed by atoms with Crippen LogP contribution in [-0.4, -0.2) is 26.0 Å². The van der Waals surface area contributed by atoms with E-state index in [2.05, 4.69) is 0 Å². The summed E-state index contributed by atoms with van der Waals surface area (Å²) in [4.78, 5) is 34.1. The van der Waals surface area contributed by atoms with Gasteiger partial charge in [-0.1, -0.05) is 0 Å². The maximum atomic E-state index is 12.8. The van der Waals surface area contributed by atoms with Crippen molar-refractivity contribution in [2.45, 2.75) is 5.60 Å². The highest BCUT2D eigenvalue weighted by molar-refractivity contribution is 5.98. The molecular weight excluding hydrogens is 412 g/mol. The quantitative estimate of drug-likeness (QED) is 0.357. The second-order valence-corrected chi connectivity index (χ2v) is 6.91. The molecule has 0 saturated heterocycles. The van der Waals surface area contributed by atoms with E-state index in [1.165, 1.54) is 36.4 Å². The van der Waals surface area contributed by atoms with Crippen molar-refractivity contribution >= 4 is 17.3 Å². The van der Waals surface area contributed by atoms with Crippen molar-refractivity contribution in [3.8, 4) is 23.0 Å². The standard InChI is InChI=1S/C20H10N2O9/c23-10-2-4-13-16(8-10)30-18-14(5-6-15(24)17(18)22(28)29)20(13)12-3-1-9(21(26)27)7-11(12)19(25)31-20/h1-8,23-24H. The van der Waals surface area contributed by atoms with E-state index in [-0.39, 0.29) is 45.2 Å². The molecule has 31 heavy (non-hydrogen) atoms. The second-order valence-electron chi connectivity index (χ2n) is 6.91. The fraction of sp³-hybridized carbons (Fsp3) is 0.0500. The van der Waals surface area contributed by atoms with E-state index in [1.54, 1.807) is 0 Å². The van der Waals surface area contributed by atoms with Crippen LogP contribution in [0, 0.1) is 20.2 Å². The Morgan fingerprint density at radius 2 is 1.58 bits per heavy atom. The van der Waals surface area contributed by atoms with Crippen LogP contribution >= 0.6 is 0 Å². The summed E-state index contributed by atoms with van der Waals surface area (Å²) in [5.74, 6) is -2.17. The van der Waals surface area contributed by atoms with Crippen LogP contribution in [0.3, 0.4) is 0 Å². The van der Waals surface area contributed by atoms with E-state index >= 15 is 0 Å². The highest BCUT2D eigenvalue weighted by Crippen LogP contribution is 2.59. The number of nitrogens with zero attached hydrogens (tertiary/aromatic N) is 2. The number of aromatic hydroxyl groups is 2. The highest BCUT2D eigenvalue weighted by atomic mass is 16.6. The number of carbonyl (C=O) groups is 1. The highest BCUT2D eigenvalue weighted by Gasteiger charge is 2.55. The molecule has 1 spiro atoms. The van der Waals surface area contributed by atoms with Crippen LogP contribution in [0.5, 0.6) is 23.0 Å². The molecule has 0 saturated carbocycles. The summed E-state index contributed by atoms with van der Waals surface area (Å²) in [5, 5.41) is 42.8. The van der Waals surface area contributed by atoms with Crippen molar-refractivity contribution in [2.24, 2.45) is 0 Å². The molecular formula is C20H10N2O9. The van der Waals surface area contributed by atoms with Gasteiger partial charge in [-0.15, -0.1) is 0 Å². The third-order valence-corrected chi connectivity index (χ3v) is 5.29. The summed E-state index contributed by atoms with van der Waals surface area (Å²) >= 11 is 0. The summed E-state index contributed by atoms with van der Waals surface area (Å²) in [7, 11) is 0. The molecule has 2 aliphatic heterocycles. The maximum absolute atomic E-state index is 12.8. The summed E-state index contributed by atoms with van der Waals surface area (Å²) < 4.78 is 11.4. The lowest BCUT2D eigenvalue weighted by molar-refractivity contribution is -0.386. The molecule has 0 radical (unpaired) electrons. The van der Waals surface area contributed by atoms with Crippen molar-refractivity contribution in [3.05, 3.63) is 91.0 Å². The zero-order chi connectivity index (χ0) is 22.1. The van der Waals surface area contributed by atoms with Gasteiger partial charge < -0.3 is 19.7 Å². The van der Waals surface area contributed by atoms with E-state index in [9.17, 15) is 35.2 Å². The zero-order valence-corrected chi connectivity index (χ0v) is 15.3. The van der Waals surface area contributed by atoms with Crippen molar-refractivity contribution in [2.75, 3.05) is 0 Å². The van der Waals surface area contributed by atoms with Crippen molar-refractivity contribution in [1.29, 1.82) is 0 Å². The minimum atomic E-state index is -1.74. The smallest absolute Gasteiger partial charge is 0.353 e. The monoisotopic (exact) mass is 422 g/mol. The van der Waals surface area contributed by atoms with Gasteiger partial charge in [-0.05, 0) is 30.3 Å². The number of carbonyl (C=O) groups excluding carboxylic acids is 1. The van der Waals surface area contributed by atoms with Crippen LogP contribution in [0.15, 0.2) is 48.5 Å². The number of rotatable bonds is 2. The van der Waals surface area contributed by atoms with Gasteiger partial charge in [-0.2, -0.15) is 0 Å². The van der Waals surface area contributed by atoms with Crippen LogP contribution in [-0.2, 0) is 10.3 Å². The van der Waals surface area contributed by atoms with Crippen molar-refractivity contribution < 1.29 is 34.3 Å². The fourth-order valence-electron chi connectivity index (χ4n) is 4.03. The van der Waals surface area contributed by atoms with E-state index in [0.29, 0.717) is 0 Å². The third kappa shape index (κ3) is 2.31. The molecule has 5 rings (SSSR count). The van der Waals surface area contributed by atoms with Crippen LogP contribution in [0.1, 0.15) is 27.0 Å². The first-order valence-corrected chi connectivity index (χ1v) is 8.78. The molecule has 2 N–H and O–H groups in total. The number of esters is 1. The number of nitro benzene ring substituents is 2. The number of nitro groups is 2. The topological polar surface area (TPSA) is 162 Å². The Morgan fingerprint density at radius 1 is 0.871 bits per heavy atom. The van der Waals surface area contributed by atoms with Crippen LogP contribution in [0.25, 0.3) is 0 Å².